The smallest absolute Gasteiger partial charge is 0.193 e. The molecule has 1 aromatic heterocycles. The van der Waals surface area contributed by atoms with Gasteiger partial charge < -0.3 is 0 Å². The normalized spacial score (nSPS) is 10.1. The van der Waals surface area contributed by atoms with Crippen LogP contribution in [0.5, 0.6) is 0 Å². The summed E-state index contributed by atoms with van der Waals surface area (Å²) < 4.78 is 0.983. The minimum atomic E-state index is 0.0346. The van der Waals surface area contributed by atoms with E-state index in [0.717, 1.165) is 15.6 Å². The van der Waals surface area contributed by atoms with Gasteiger partial charge in [0.25, 0.3) is 0 Å². The number of carbonyl (C=O) groups is 1. The Bertz CT molecular complexity index is 523. The van der Waals surface area contributed by atoms with Gasteiger partial charge in [0.2, 0.25) is 0 Å². The minimum absolute atomic E-state index is 0.0346. The highest BCUT2D eigenvalue weighted by atomic mass is 79.9. The lowest BCUT2D eigenvalue weighted by atomic mass is 10.0. The van der Waals surface area contributed by atoms with E-state index in [2.05, 4.69) is 20.9 Å². The van der Waals surface area contributed by atoms with Gasteiger partial charge in [-0.25, -0.2) is 0 Å². The summed E-state index contributed by atoms with van der Waals surface area (Å²) >= 11 is 3.38. The number of hydrogen-bond donors (Lipinski definition) is 0. The maximum atomic E-state index is 12.1. The first-order valence-corrected chi connectivity index (χ1v) is 5.68. The molecule has 0 radical (unpaired) electrons. The zero-order valence-corrected chi connectivity index (χ0v) is 10.4. The van der Waals surface area contributed by atoms with Gasteiger partial charge in [-0.05, 0) is 42.8 Å². The summed E-state index contributed by atoms with van der Waals surface area (Å²) in [6.07, 6.45) is 3.25. The Morgan fingerprint density at radius 1 is 1.19 bits per heavy atom. The highest BCUT2D eigenvalue weighted by Crippen LogP contribution is 2.18. The minimum Gasteiger partial charge on any atom is -0.289 e. The number of nitrogens with zero attached hydrogens (tertiary/aromatic N) is 1. The molecule has 2 nitrogen and oxygen atoms in total. The number of aromatic nitrogens is 1. The molecule has 2 rings (SSSR count). The topological polar surface area (TPSA) is 30.0 Å². The van der Waals surface area contributed by atoms with Crippen molar-refractivity contribution in [3.63, 3.8) is 0 Å². The molecule has 0 atom stereocenters. The third-order valence-corrected chi connectivity index (χ3v) is 2.87. The van der Waals surface area contributed by atoms with E-state index in [4.69, 9.17) is 0 Å². The van der Waals surface area contributed by atoms with Crippen molar-refractivity contribution < 1.29 is 4.79 Å². The molecule has 0 aliphatic carbocycles. The summed E-state index contributed by atoms with van der Waals surface area (Å²) in [5, 5.41) is 0. The molecule has 0 unspecified atom stereocenters. The van der Waals surface area contributed by atoms with Crippen LogP contribution < -0.4 is 0 Å². The van der Waals surface area contributed by atoms with Crippen LogP contribution in [0.4, 0.5) is 0 Å². The van der Waals surface area contributed by atoms with Gasteiger partial charge >= 0.3 is 0 Å². The first kappa shape index (κ1) is 11.0. The zero-order chi connectivity index (χ0) is 11.5. The van der Waals surface area contributed by atoms with Gasteiger partial charge in [0.15, 0.2) is 5.78 Å². The Hall–Kier alpha value is -1.48. The Balaban J connectivity index is 2.42. The van der Waals surface area contributed by atoms with E-state index in [9.17, 15) is 4.79 Å². The molecule has 0 amide bonds. The molecule has 1 heterocycles. The largest absolute Gasteiger partial charge is 0.289 e. The molecule has 1 aromatic carbocycles. The lowest BCUT2D eigenvalue weighted by molar-refractivity contribution is 0.103. The van der Waals surface area contributed by atoms with Crippen molar-refractivity contribution in [3.05, 3.63) is 63.9 Å². The second-order valence-corrected chi connectivity index (χ2v) is 4.44. The average Bonchev–Trinajstić information content (AvgIpc) is 2.29. The van der Waals surface area contributed by atoms with Crippen LogP contribution >= 0.6 is 15.9 Å². The lowest BCUT2D eigenvalue weighted by Gasteiger charge is -2.05. The van der Waals surface area contributed by atoms with Gasteiger partial charge in [-0.1, -0.05) is 15.9 Å². The van der Waals surface area contributed by atoms with Crippen LogP contribution in [0.2, 0.25) is 0 Å². The highest BCUT2D eigenvalue weighted by Gasteiger charge is 2.11. The molecule has 0 spiro atoms. The summed E-state index contributed by atoms with van der Waals surface area (Å²) in [5.41, 5.74) is 2.37. The fourth-order valence-electron chi connectivity index (χ4n) is 1.54. The average molecular weight is 276 g/mol. The molecule has 0 fully saturated rings. The Kier molecular flexibility index (Phi) is 3.15. The summed E-state index contributed by atoms with van der Waals surface area (Å²) in [5.74, 6) is 0.0346. The third-order valence-electron chi connectivity index (χ3n) is 2.38. The first-order valence-electron chi connectivity index (χ1n) is 4.89. The molecule has 2 aromatic rings. The van der Waals surface area contributed by atoms with Crippen LogP contribution in [0, 0.1) is 6.92 Å². The fraction of sp³-hybridized carbons (Fsp3) is 0.0769. The number of hydrogen-bond acceptors (Lipinski definition) is 2. The predicted octanol–water partition coefficient (Wildman–Crippen LogP) is 3.38. The van der Waals surface area contributed by atoms with Crippen LogP contribution in [-0.4, -0.2) is 10.8 Å². The SMILES string of the molecule is Cc1cc(Br)ccc1C(=O)c1ccncc1. The summed E-state index contributed by atoms with van der Waals surface area (Å²) in [6.45, 7) is 1.93. The van der Waals surface area contributed by atoms with Crippen molar-refractivity contribution in [1.29, 1.82) is 0 Å². The molecule has 3 heteroatoms. The number of benzene rings is 1. The number of pyridine rings is 1. The van der Waals surface area contributed by atoms with Crippen LogP contribution in [0.25, 0.3) is 0 Å². The Labute approximate surface area is 102 Å². The third kappa shape index (κ3) is 2.19. The van der Waals surface area contributed by atoms with Crippen molar-refractivity contribution in [2.24, 2.45) is 0 Å². The van der Waals surface area contributed by atoms with Crippen LogP contribution in [0.1, 0.15) is 21.5 Å². The van der Waals surface area contributed by atoms with Gasteiger partial charge in [0, 0.05) is 28.0 Å². The van der Waals surface area contributed by atoms with E-state index in [-0.39, 0.29) is 5.78 Å². The summed E-state index contributed by atoms with van der Waals surface area (Å²) in [4.78, 5) is 16.0. The quantitative estimate of drug-likeness (QED) is 0.787. The van der Waals surface area contributed by atoms with E-state index in [0.29, 0.717) is 5.56 Å². The molecule has 0 bridgehead atoms. The number of ketones is 1. The molecular weight excluding hydrogens is 266 g/mol. The fourth-order valence-corrected chi connectivity index (χ4v) is 2.02. The maximum absolute atomic E-state index is 12.1. The maximum Gasteiger partial charge on any atom is 0.193 e. The van der Waals surface area contributed by atoms with Crippen molar-refractivity contribution in [1.82, 2.24) is 4.98 Å². The van der Waals surface area contributed by atoms with Crippen LogP contribution in [-0.2, 0) is 0 Å². The molecule has 0 N–H and O–H groups in total. The Morgan fingerprint density at radius 3 is 2.50 bits per heavy atom. The molecule has 16 heavy (non-hydrogen) atoms. The van der Waals surface area contributed by atoms with Gasteiger partial charge in [0.1, 0.15) is 0 Å². The molecule has 0 saturated heterocycles. The lowest BCUT2D eigenvalue weighted by Crippen LogP contribution is -2.03. The summed E-state index contributed by atoms with van der Waals surface area (Å²) in [6, 6.07) is 9.10. The Morgan fingerprint density at radius 2 is 1.88 bits per heavy atom. The van der Waals surface area contributed by atoms with E-state index >= 15 is 0 Å². The predicted molar refractivity (Wildman–Crippen MR) is 66.5 cm³/mol. The van der Waals surface area contributed by atoms with E-state index in [1.165, 1.54) is 0 Å². The molecule has 0 saturated carbocycles. The van der Waals surface area contributed by atoms with Gasteiger partial charge in [-0.2, -0.15) is 0 Å². The number of halogens is 1. The van der Waals surface area contributed by atoms with Crippen molar-refractivity contribution >= 4 is 21.7 Å². The van der Waals surface area contributed by atoms with Crippen molar-refractivity contribution in [2.75, 3.05) is 0 Å². The number of rotatable bonds is 2. The molecule has 0 aliphatic heterocycles. The first-order chi connectivity index (χ1) is 7.68. The standard InChI is InChI=1S/C13H10BrNO/c1-9-8-11(14)2-3-12(9)13(16)10-4-6-15-7-5-10/h2-8H,1H3. The number of carbonyl (C=O) groups excluding carboxylic acids is 1. The zero-order valence-electron chi connectivity index (χ0n) is 8.77. The van der Waals surface area contributed by atoms with E-state index < -0.39 is 0 Å². The number of aryl methyl sites for hydroxylation is 1. The van der Waals surface area contributed by atoms with Gasteiger partial charge in [0.05, 0.1) is 0 Å². The highest BCUT2D eigenvalue weighted by molar-refractivity contribution is 9.10. The molecule has 0 aliphatic rings. The van der Waals surface area contributed by atoms with Gasteiger partial charge in [-0.3, -0.25) is 9.78 Å². The second-order valence-electron chi connectivity index (χ2n) is 3.52. The van der Waals surface area contributed by atoms with Crippen molar-refractivity contribution in [3.8, 4) is 0 Å². The van der Waals surface area contributed by atoms with E-state index in [1.54, 1.807) is 24.5 Å². The molecular formula is C13H10BrNO. The summed E-state index contributed by atoms with van der Waals surface area (Å²) in [7, 11) is 0. The second kappa shape index (κ2) is 4.58. The van der Waals surface area contributed by atoms with E-state index in [1.807, 2.05) is 25.1 Å². The van der Waals surface area contributed by atoms with Crippen LogP contribution in [0.3, 0.4) is 0 Å². The van der Waals surface area contributed by atoms with Crippen LogP contribution in [0.15, 0.2) is 47.2 Å². The monoisotopic (exact) mass is 275 g/mol. The molecule has 80 valence electrons. The van der Waals surface area contributed by atoms with Crippen molar-refractivity contribution in [2.45, 2.75) is 6.92 Å². The van der Waals surface area contributed by atoms with Gasteiger partial charge in [-0.15, -0.1) is 0 Å².